The lowest BCUT2D eigenvalue weighted by Gasteiger charge is -2.20. The van der Waals surface area contributed by atoms with Crippen LogP contribution in [-0.2, 0) is 10.0 Å². The summed E-state index contributed by atoms with van der Waals surface area (Å²) >= 11 is 0. The van der Waals surface area contributed by atoms with E-state index in [0.717, 1.165) is 27.7 Å². The highest BCUT2D eigenvalue weighted by molar-refractivity contribution is 7.89. The van der Waals surface area contributed by atoms with Gasteiger partial charge in [-0.15, -0.1) is 0 Å². The molecule has 9 heteroatoms. The van der Waals surface area contributed by atoms with Crippen molar-refractivity contribution in [2.45, 2.75) is 10.8 Å². The quantitative estimate of drug-likeness (QED) is 0.299. The number of nitro benzene ring substituents is 1. The van der Waals surface area contributed by atoms with Crippen LogP contribution in [0.15, 0.2) is 83.9 Å². The number of hydrogen-bond acceptors (Lipinski definition) is 5. The van der Waals surface area contributed by atoms with Gasteiger partial charge in [0.2, 0.25) is 10.0 Å². The van der Waals surface area contributed by atoms with Gasteiger partial charge in [-0.25, -0.2) is 13.1 Å². The standard InChI is InChI=1S/C24H24N4O4S/c1-27(2)18-13-11-17(12-14-18)20(21-15-25-22-8-4-3-7-19(21)22)16-26-33(31,32)24-10-6-5-9-23(24)28(29)30/h3-15,20,25-26H,16H2,1-2H3. The van der Waals surface area contributed by atoms with E-state index in [0.29, 0.717) is 0 Å². The Morgan fingerprint density at radius 3 is 2.36 bits per heavy atom. The third-order valence-electron chi connectivity index (χ3n) is 5.64. The third-order valence-corrected chi connectivity index (χ3v) is 7.11. The first kappa shape index (κ1) is 22.5. The molecule has 33 heavy (non-hydrogen) atoms. The normalized spacial score (nSPS) is 12.5. The largest absolute Gasteiger partial charge is 0.378 e. The smallest absolute Gasteiger partial charge is 0.289 e. The number of rotatable bonds is 8. The minimum Gasteiger partial charge on any atom is -0.378 e. The van der Waals surface area contributed by atoms with Crippen LogP contribution in [0.25, 0.3) is 10.9 Å². The number of fused-ring (bicyclic) bond motifs is 1. The van der Waals surface area contributed by atoms with E-state index in [2.05, 4.69) is 9.71 Å². The van der Waals surface area contributed by atoms with Gasteiger partial charge in [0.25, 0.3) is 5.69 Å². The second-order valence-corrected chi connectivity index (χ2v) is 9.64. The third kappa shape index (κ3) is 4.59. The average Bonchev–Trinajstić information content (AvgIpc) is 3.23. The Labute approximate surface area is 192 Å². The lowest BCUT2D eigenvalue weighted by atomic mass is 9.91. The van der Waals surface area contributed by atoms with Gasteiger partial charge in [0.15, 0.2) is 4.90 Å². The molecule has 0 saturated carbocycles. The molecule has 0 spiro atoms. The Morgan fingerprint density at radius 1 is 1.00 bits per heavy atom. The second kappa shape index (κ2) is 9.05. The summed E-state index contributed by atoms with van der Waals surface area (Å²) < 4.78 is 28.7. The van der Waals surface area contributed by atoms with Gasteiger partial charge in [0.05, 0.1) is 4.92 Å². The van der Waals surface area contributed by atoms with Crippen LogP contribution >= 0.6 is 0 Å². The Bertz CT molecular complexity index is 1400. The monoisotopic (exact) mass is 464 g/mol. The van der Waals surface area contributed by atoms with E-state index in [9.17, 15) is 18.5 Å². The van der Waals surface area contributed by atoms with E-state index in [1.54, 1.807) is 0 Å². The van der Waals surface area contributed by atoms with Crippen molar-refractivity contribution in [2.75, 3.05) is 25.5 Å². The van der Waals surface area contributed by atoms with E-state index in [1.807, 2.05) is 73.7 Å². The summed E-state index contributed by atoms with van der Waals surface area (Å²) in [5.41, 5.74) is 3.38. The van der Waals surface area contributed by atoms with Gasteiger partial charge in [-0.05, 0) is 35.4 Å². The molecule has 0 radical (unpaired) electrons. The summed E-state index contributed by atoms with van der Waals surface area (Å²) in [5, 5.41) is 12.3. The first-order valence-electron chi connectivity index (χ1n) is 10.3. The van der Waals surface area contributed by atoms with Crippen LogP contribution in [0.3, 0.4) is 0 Å². The number of sulfonamides is 1. The summed E-state index contributed by atoms with van der Waals surface area (Å²) in [6.45, 7) is 0.0392. The van der Waals surface area contributed by atoms with Gasteiger partial charge in [-0.2, -0.15) is 0 Å². The molecule has 1 aromatic heterocycles. The first-order valence-corrected chi connectivity index (χ1v) is 11.8. The Morgan fingerprint density at radius 2 is 1.67 bits per heavy atom. The van der Waals surface area contributed by atoms with Gasteiger partial charge in [-0.1, -0.05) is 42.5 Å². The van der Waals surface area contributed by atoms with Crippen molar-refractivity contribution in [3.8, 4) is 0 Å². The van der Waals surface area contributed by atoms with Crippen LogP contribution in [-0.4, -0.2) is 39.0 Å². The molecule has 0 fully saturated rings. The van der Waals surface area contributed by atoms with Gasteiger partial charge in [0, 0.05) is 55.4 Å². The van der Waals surface area contributed by atoms with Crippen LogP contribution in [0.1, 0.15) is 17.0 Å². The van der Waals surface area contributed by atoms with Crippen molar-refractivity contribution in [3.05, 3.63) is 100 Å². The number of benzene rings is 3. The molecular weight excluding hydrogens is 440 g/mol. The van der Waals surface area contributed by atoms with Crippen molar-refractivity contribution in [2.24, 2.45) is 0 Å². The average molecular weight is 465 g/mol. The maximum atomic E-state index is 13.0. The number of nitrogens with zero attached hydrogens (tertiary/aromatic N) is 2. The van der Waals surface area contributed by atoms with E-state index in [-0.39, 0.29) is 17.4 Å². The molecule has 0 aliphatic heterocycles. The zero-order valence-electron chi connectivity index (χ0n) is 18.2. The molecule has 1 unspecified atom stereocenters. The molecule has 1 heterocycles. The zero-order valence-corrected chi connectivity index (χ0v) is 19.0. The SMILES string of the molecule is CN(C)c1ccc(C(CNS(=O)(=O)c2ccccc2[N+](=O)[O-])c2c[nH]c3ccccc23)cc1. The Kier molecular flexibility index (Phi) is 6.17. The lowest BCUT2D eigenvalue weighted by molar-refractivity contribution is -0.387. The molecular formula is C24H24N4O4S. The van der Waals surface area contributed by atoms with Crippen molar-refractivity contribution in [1.29, 1.82) is 0 Å². The predicted molar refractivity (Wildman–Crippen MR) is 129 cm³/mol. The topological polar surface area (TPSA) is 108 Å². The molecule has 8 nitrogen and oxygen atoms in total. The highest BCUT2D eigenvalue weighted by Crippen LogP contribution is 2.32. The summed E-state index contributed by atoms with van der Waals surface area (Å²) in [4.78, 5) is 15.5. The fraction of sp³-hybridized carbons (Fsp3) is 0.167. The van der Waals surface area contributed by atoms with Crippen molar-refractivity contribution in [3.63, 3.8) is 0 Å². The summed E-state index contributed by atoms with van der Waals surface area (Å²) in [5.74, 6) is -0.310. The van der Waals surface area contributed by atoms with Crippen molar-refractivity contribution >= 4 is 32.3 Å². The minimum atomic E-state index is -4.12. The molecule has 0 amide bonds. The van der Waals surface area contributed by atoms with Gasteiger partial charge >= 0.3 is 0 Å². The molecule has 4 aromatic rings. The van der Waals surface area contributed by atoms with E-state index in [1.165, 1.54) is 24.3 Å². The fourth-order valence-electron chi connectivity index (χ4n) is 3.90. The summed E-state index contributed by atoms with van der Waals surface area (Å²) in [6.07, 6.45) is 1.88. The molecule has 0 saturated heterocycles. The van der Waals surface area contributed by atoms with Gasteiger partial charge in [0.1, 0.15) is 0 Å². The molecule has 0 aliphatic carbocycles. The van der Waals surface area contributed by atoms with Crippen LogP contribution in [0, 0.1) is 10.1 Å². The summed E-state index contributed by atoms with van der Waals surface area (Å²) in [7, 11) is -0.212. The molecule has 4 rings (SSSR count). The number of aromatic nitrogens is 1. The Balaban J connectivity index is 1.72. The molecule has 1 atom stereocenters. The van der Waals surface area contributed by atoms with Crippen LogP contribution in [0.5, 0.6) is 0 Å². The zero-order chi connectivity index (χ0) is 23.6. The lowest BCUT2D eigenvalue weighted by Crippen LogP contribution is -2.29. The molecule has 0 bridgehead atoms. The maximum Gasteiger partial charge on any atom is 0.289 e. The number of nitrogens with one attached hydrogen (secondary N) is 2. The van der Waals surface area contributed by atoms with Crippen molar-refractivity contribution in [1.82, 2.24) is 9.71 Å². The minimum absolute atomic E-state index is 0.0392. The molecule has 3 aromatic carbocycles. The summed E-state index contributed by atoms with van der Waals surface area (Å²) in [6, 6.07) is 21.1. The number of hydrogen-bond donors (Lipinski definition) is 2. The van der Waals surface area contributed by atoms with Crippen LogP contribution in [0.4, 0.5) is 11.4 Å². The fourth-order valence-corrected chi connectivity index (χ4v) is 5.12. The van der Waals surface area contributed by atoms with E-state index >= 15 is 0 Å². The first-order chi connectivity index (χ1) is 15.8. The Hall–Kier alpha value is -3.69. The van der Waals surface area contributed by atoms with E-state index < -0.39 is 20.6 Å². The van der Waals surface area contributed by atoms with Gasteiger partial charge < -0.3 is 9.88 Å². The number of para-hydroxylation sites is 2. The number of nitro groups is 1. The van der Waals surface area contributed by atoms with Crippen LogP contribution in [0.2, 0.25) is 0 Å². The highest BCUT2D eigenvalue weighted by atomic mass is 32.2. The number of anilines is 1. The number of aromatic amines is 1. The van der Waals surface area contributed by atoms with Crippen molar-refractivity contribution < 1.29 is 13.3 Å². The number of H-pyrrole nitrogens is 1. The second-order valence-electron chi connectivity index (χ2n) is 7.90. The highest BCUT2D eigenvalue weighted by Gasteiger charge is 2.27. The molecule has 170 valence electrons. The molecule has 2 N–H and O–H groups in total. The maximum absolute atomic E-state index is 13.0. The van der Waals surface area contributed by atoms with Gasteiger partial charge in [-0.3, -0.25) is 10.1 Å². The van der Waals surface area contributed by atoms with E-state index in [4.69, 9.17) is 0 Å². The predicted octanol–water partition coefficient (Wildman–Crippen LogP) is 4.25. The van der Waals surface area contributed by atoms with Crippen LogP contribution < -0.4 is 9.62 Å². The molecule has 0 aliphatic rings.